The molecule has 0 fully saturated rings. The maximum atomic E-state index is 11.8. The highest BCUT2D eigenvalue weighted by molar-refractivity contribution is 6.01. The summed E-state index contributed by atoms with van der Waals surface area (Å²) in [6.07, 6.45) is 4.51. The lowest BCUT2D eigenvalue weighted by Crippen LogP contribution is -2.25. The van der Waals surface area contributed by atoms with Crippen molar-refractivity contribution in [3.05, 3.63) is 29.6 Å². The van der Waals surface area contributed by atoms with Crippen molar-refractivity contribution >= 4 is 11.8 Å². The zero-order chi connectivity index (χ0) is 10.8. The summed E-state index contributed by atoms with van der Waals surface area (Å²) >= 11 is 0. The molecule has 1 aliphatic rings. The van der Waals surface area contributed by atoms with E-state index < -0.39 is 5.97 Å². The molecule has 0 bridgehead atoms. The van der Waals surface area contributed by atoms with Crippen LogP contribution >= 0.6 is 0 Å². The molecule has 0 spiro atoms. The van der Waals surface area contributed by atoms with Crippen molar-refractivity contribution in [1.29, 1.82) is 0 Å². The average Bonchev–Trinajstić information content (AvgIpc) is 2.22. The Balaban J connectivity index is 2.26. The number of hydrogen-bond acceptors (Lipinski definition) is 3. The second kappa shape index (κ2) is 3.81. The van der Waals surface area contributed by atoms with Crippen LogP contribution in [0.2, 0.25) is 0 Å². The van der Waals surface area contributed by atoms with Gasteiger partial charge < -0.3 is 5.11 Å². The highest BCUT2D eigenvalue weighted by Crippen LogP contribution is 2.26. The third-order valence-electron chi connectivity index (χ3n) is 2.73. The monoisotopic (exact) mass is 205 g/mol. The minimum atomic E-state index is -0.916. The molecule has 0 radical (unpaired) electrons. The summed E-state index contributed by atoms with van der Waals surface area (Å²) in [7, 11) is 0. The van der Waals surface area contributed by atoms with Crippen molar-refractivity contribution in [2.24, 2.45) is 5.92 Å². The van der Waals surface area contributed by atoms with E-state index in [1.54, 1.807) is 6.20 Å². The lowest BCUT2D eigenvalue weighted by molar-refractivity contribution is -0.137. The Kier molecular flexibility index (Phi) is 2.49. The first-order chi connectivity index (χ1) is 7.18. The van der Waals surface area contributed by atoms with E-state index >= 15 is 0 Å². The number of rotatable bonds is 2. The number of aryl methyl sites for hydroxylation is 1. The number of hydrogen-bond donors (Lipinski definition) is 1. The Morgan fingerprint density at radius 3 is 3.13 bits per heavy atom. The van der Waals surface area contributed by atoms with E-state index in [-0.39, 0.29) is 18.1 Å². The van der Waals surface area contributed by atoms with Crippen molar-refractivity contribution < 1.29 is 14.7 Å². The number of nitrogens with zero attached hydrogens (tertiary/aromatic N) is 1. The van der Waals surface area contributed by atoms with Crippen LogP contribution in [-0.2, 0) is 11.2 Å². The lowest BCUT2D eigenvalue weighted by atomic mass is 9.82. The van der Waals surface area contributed by atoms with E-state index in [0.717, 1.165) is 12.0 Å². The highest BCUT2D eigenvalue weighted by Gasteiger charge is 2.28. The van der Waals surface area contributed by atoms with Gasteiger partial charge in [-0.25, -0.2) is 0 Å². The summed E-state index contributed by atoms with van der Waals surface area (Å²) in [6.45, 7) is 0. The van der Waals surface area contributed by atoms with E-state index in [0.29, 0.717) is 12.0 Å². The predicted molar refractivity (Wildman–Crippen MR) is 52.6 cm³/mol. The number of ketones is 1. The summed E-state index contributed by atoms with van der Waals surface area (Å²) in [5, 5.41) is 8.66. The number of carbonyl (C=O) groups excluding carboxylic acids is 1. The Hall–Kier alpha value is -1.71. The third kappa shape index (κ3) is 1.88. The zero-order valence-corrected chi connectivity index (χ0v) is 8.14. The molecule has 1 N–H and O–H groups in total. The molecule has 1 aliphatic carbocycles. The standard InChI is InChI=1S/C11H11NO3/c13-10(14)5-8-2-1-7-3-4-12-6-9(7)11(8)15/h3-4,6,8H,1-2,5H2,(H,13,14). The largest absolute Gasteiger partial charge is 0.481 e. The van der Waals surface area contributed by atoms with Gasteiger partial charge in [-0.15, -0.1) is 0 Å². The summed E-state index contributed by atoms with van der Waals surface area (Å²) in [6, 6.07) is 1.82. The fourth-order valence-corrected chi connectivity index (χ4v) is 1.95. The molecule has 1 atom stereocenters. The van der Waals surface area contributed by atoms with Gasteiger partial charge in [-0.3, -0.25) is 14.6 Å². The van der Waals surface area contributed by atoms with Crippen LogP contribution in [0.3, 0.4) is 0 Å². The van der Waals surface area contributed by atoms with Crippen molar-refractivity contribution in [3.63, 3.8) is 0 Å². The zero-order valence-electron chi connectivity index (χ0n) is 8.14. The number of carbonyl (C=O) groups is 2. The van der Waals surface area contributed by atoms with Gasteiger partial charge >= 0.3 is 5.97 Å². The molecule has 15 heavy (non-hydrogen) atoms. The fourth-order valence-electron chi connectivity index (χ4n) is 1.95. The first-order valence-corrected chi connectivity index (χ1v) is 4.87. The van der Waals surface area contributed by atoms with E-state index in [9.17, 15) is 9.59 Å². The molecule has 78 valence electrons. The topological polar surface area (TPSA) is 67.3 Å². The Labute approximate surface area is 87.0 Å². The fraction of sp³-hybridized carbons (Fsp3) is 0.364. The van der Waals surface area contributed by atoms with Gasteiger partial charge in [-0.1, -0.05) is 0 Å². The van der Waals surface area contributed by atoms with Crippen molar-refractivity contribution in [2.75, 3.05) is 0 Å². The summed E-state index contributed by atoms with van der Waals surface area (Å²) in [5.41, 5.74) is 1.58. The molecule has 1 aromatic rings. The second-order valence-corrected chi connectivity index (χ2v) is 3.73. The van der Waals surface area contributed by atoms with E-state index in [2.05, 4.69) is 4.98 Å². The Morgan fingerprint density at radius 1 is 1.60 bits per heavy atom. The van der Waals surface area contributed by atoms with Crippen molar-refractivity contribution in [1.82, 2.24) is 4.98 Å². The normalized spacial score (nSPS) is 19.7. The summed E-state index contributed by atoms with van der Waals surface area (Å²) in [4.78, 5) is 26.3. The van der Waals surface area contributed by atoms with E-state index in [1.807, 2.05) is 6.07 Å². The molecular weight excluding hydrogens is 194 g/mol. The number of pyridine rings is 1. The maximum absolute atomic E-state index is 11.8. The SMILES string of the molecule is O=C(O)CC1CCc2ccncc2C1=O. The third-order valence-corrected chi connectivity index (χ3v) is 2.73. The van der Waals surface area contributed by atoms with Crippen LogP contribution in [0, 0.1) is 5.92 Å². The lowest BCUT2D eigenvalue weighted by Gasteiger charge is -2.21. The number of aromatic nitrogens is 1. The summed E-state index contributed by atoms with van der Waals surface area (Å²) < 4.78 is 0. The molecule has 0 amide bonds. The van der Waals surface area contributed by atoms with Gasteiger partial charge in [0.15, 0.2) is 5.78 Å². The smallest absolute Gasteiger partial charge is 0.304 e. The molecule has 0 aromatic carbocycles. The second-order valence-electron chi connectivity index (χ2n) is 3.73. The van der Waals surface area contributed by atoms with E-state index in [4.69, 9.17) is 5.11 Å². The van der Waals surface area contributed by atoms with Gasteiger partial charge in [0.05, 0.1) is 6.42 Å². The van der Waals surface area contributed by atoms with Crippen LogP contribution in [0.15, 0.2) is 18.5 Å². The Morgan fingerprint density at radius 2 is 2.40 bits per heavy atom. The number of fused-ring (bicyclic) bond motifs is 1. The molecular formula is C11H11NO3. The van der Waals surface area contributed by atoms with Crippen molar-refractivity contribution in [3.8, 4) is 0 Å². The average molecular weight is 205 g/mol. The van der Waals surface area contributed by atoms with Gasteiger partial charge in [0.2, 0.25) is 0 Å². The molecule has 4 heteroatoms. The minimum absolute atomic E-state index is 0.0762. The Bertz CT molecular complexity index is 414. The molecule has 1 aromatic heterocycles. The van der Waals surface area contributed by atoms with Gasteiger partial charge in [0, 0.05) is 23.9 Å². The molecule has 0 saturated carbocycles. The maximum Gasteiger partial charge on any atom is 0.304 e. The van der Waals surface area contributed by atoms with Gasteiger partial charge in [0.25, 0.3) is 0 Å². The van der Waals surface area contributed by atoms with Crippen LogP contribution in [0.4, 0.5) is 0 Å². The van der Waals surface area contributed by atoms with Gasteiger partial charge in [-0.05, 0) is 24.5 Å². The first-order valence-electron chi connectivity index (χ1n) is 4.87. The number of aliphatic carboxylic acids is 1. The van der Waals surface area contributed by atoms with Crippen LogP contribution in [0.5, 0.6) is 0 Å². The summed E-state index contributed by atoms with van der Waals surface area (Å²) in [5.74, 6) is -1.37. The molecule has 2 rings (SSSR count). The predicted octanol–water partition coefficient (Wildman–Crippen LogP) is 1.30. The minimum Gasteiger partial charge on any atom is -0.481 e. The van der Waals surface area contributed by atoms with Gasteiger partial charge in [0.1, 0.15) is 0 Å². The quantitative estimate of drug-likeness (QED) is 0.790. The molecule has 1 heterocycles. The number of Topliss-reactive ketones (excluding diaryl/α,β-unsaturated/α-hetero) is 1. The van der Waals surface area contributed by atoms with Crippen molar-refractivity contribution in [2.45, 2.75) is 19.3 Å². The molecule has 0 saturated heterocycles. The molecule has 4 nitrogen and oxygen atoms in total. The van der Waals surface area contributed by atoms with Crippen LogP contribution in [0.1, 0.15) is 28.8 Å². The molecule has 1 unspecified atom stereocenters. The first kappa shape index (κ1) is 9.83. The van der Waals surface area contributed by atoms with Crippen LogP contribution in [-0.4, -0.2) is 21.8 Å². The van der Waals surface area contributed by atoms with Crippen LogP contribution < -0.4 is 0 Å². The highest BCUT2D eigenvalue weighted by atomic mass is 16.4. The number of carboxylic acid groups (broad SMARTS) is 1. The van der Waals surface area contributed by atoms with Crippen LogP contribution in [0.25, 0.3) is 0 Å². The van der Waals surface area contributed by atoms with E-state index in [1.165, 1.54) is 6.20 Å². The molecule has 0 aliphatic heterocycles. The van der Waals surface area contributed by atoms with Gasteiger partial charge in [-0.2, -0.15) is 0 Å². The number of carboxylic acids is 1.